The molecule has 2 rings (SSSR count). The molecule has 0 aliphatic heterocycles. The second-order valence-corrected chi connectivity index (χ2v) is 3.47. The van der Waals surface area contributed by atoms with Gasteiger partial charge >= 0.3 is 5.97 Å². The summed E-state index contributed by atoms with van der Waals surface area (Å²) >= 11 is 0. The van der Waals surface area contributed by atoms with E-state index in [1.165, 1.54) is 0 Å². The summed E-state index contributed by atoms with van der Waals surface area (Å²) in [5, 5.41) is 8.94. The van der Waals surface area contributed by atoms with E-state index in [9.17, 15) is 4.79 Å². The van der Waals surface area contributed by atoms with E-state index in [4.69, 9.17) is 5.11 Å². The van der Waals surface area contributed by atoms with Gasteiger partial charge in [-0.3, -0.25) is 0 Å². The molecule has 0 radical (unpaired) electrons. The largest absolute Gasteiger partial charge is 0.478 e. The summed E-state index contributed by atoms with van der Waals surface area (Å²) in [6, 6.07) is 6.78. The van der Waals surface area contributed by atoms with Gasteiger partial charge in [0.25, 0.3) is 0 Å². The van der Waals surface area contributed by atoms with Crippen LogP contribution in [-0.2, 0) is 0 Å². The van der Waals surface area contributed by atoms with Crippen LogP contribution in [0.2, 0.25) is 0 Å². The van der Waals surface area contributed by atoms with Crippen molar-refractivity contribution < 1.29 is 9.90 Å². The van der Waals surface area contributed by atoms with Gasteiger partial charge in [0.05, 0.1) is 5.56 Å². The Labute approximate surface area is 92.6 Å². The predicted molar refractivity (Wildman–Crippen MR) is 59.2 cm³/mol. The van der Waals surface area contributed by atoms with E-state index in [1.807, 2.05) is 13.0 Å². The Kier molecular flexibility index (Phi) is 2.64. The van der Waals surface area contributed by atoms with E-state index in [-0.39, 0.29) is 5.56 Å². The highest BCUT2D eigenvalue weighted by molar-refractivity contribution is 5.89. The zero-order valence-electron chi connectivity index (χ0n) is 8.71. The molecule has 80 valence electrons. The lowest BCUT2D eigenvalue weighted by atomic mass is 10.1. The average Bonchev–Trinajstić information content (AvgIpc) is 2.29. The lowest BCUT2D eigenvalue weighted by Crippen LogP contribution is -1.98. The molecule has 1 aromatic heterocycles. The number of carboxylic acid groups (broad SMARTS) is 1. The minimum atomic E-state index is -0.944. The van der Waals surface area contributed by atoms with Crippen molar-refractivity contribution in [1.82, 2.24) is 9.97 Å². The highest BCUT2D eigenvalue weighted by Gasteiger charge is 2.07. The Morgan fingerprint density at radius 1 is 1.19 bits per heavy atom. The zero-order valence-corrected chi connectivity index (χ0v) is 8.71. The molecule has 0 atom stereocenters. The van der Waals surface area contributed by atoms with Gasteiger partial charge < -0.3 is 5.11 Å². The molecule has 0 saturated carbocycles. The van der Waals surface area contributed by atoms with Crippen molar-refractivity contribution >= 4 is 5.97 Å². The Morgan fingerprint density at radius 2 is 1.88 bits per heavy atom. The summed E-state index contributed by atoms with van der Waals surface area (Å²) in [6.45, 7) is 1.85. The monoisotopic (exact) mass is 214 g/mol. The van der Waals surface area contributed by atoms with Gasteiger partial charge in [0.15, 0.2) is 5.82 Å². The van der Waals surface area contributed by atoms with Crippen molar-refractivity contribution in [3.8, 4) is 11.4 Å². The Morgan fingerprint density at radius 3 is 2.50 bits per heavy atom. The number of hydrogen-bond acceptors (Lipinski definition) is 3. The van der Waals surface area contributed by atoms with Crippen LogP contribution in [0, 0.1) is 6.92 Å². The number of hydrogen-bond donors (Lipinski definition) is 1. The first-order valence-corrected chi connectivity index (χ1v) is 4.79. The Bertz CT molecular complexity index is 524. The molecule has 0 aliphatic rings. The highest BCUT2D eigenvalue weighted by Crippen LogP contribution is 2.18. The third kappa shape index (κ3) is 2.06. The summed E-state index contributed by atoms with van der Waals surface area (Å²) in [7, 11) is 0. The summed E-state index contributed by atoms with van der Waals surface area (Å²) < 4.78 is 0. The van der Waals surface area contributed by atoms with Crippen molar-refractivity contribution in [3.63, 3.8) is 0 Å². The van der Waals surface area contributed by atoms with Gasteiger partial charge in [-0.15, -0.1) is 0 Å². The molecule has 1 aromatic carbocycles. The minimum absolute atomic E-state index is 0.252. The van der Waals surface area contributed by atoms with Crippen LogP contribution >= 0.6 is 0 Å². The van der Waals surface area contributed by atoms with Crippen LogP contribution in [0.1, 0.15) is 15.9 Å². The summed E-state index contributed by atoms with van der Waals surface area (Å²) in [5.74, 6) is -0.408. The van der Waals surface area contributed by atoms with E-state index in [0.29, 0.717) is 5.82 Å². The maximum atomic E-state index is 10.9. The fourth-order valence-electron chi connectivity index (χ4n) is 1.48. The summed E-state index contributed by atoms with van der Waals surface area (Å²) in [5.41, 5.74) is 1.85. The SMILES string of the molecule is Cc1cc(C(=O)O)cc(-c2ncccn2)c1. The van der Waals surface area contributed by atoms with E-state index in [2.05, 4.69) is 9.97 Å². The van der Waals surface area contributed by atoms with Gasteiger partial charge in [-0.2, -0.15) is 0 Å². The molecule has 4 nitrogen and oxygen atoms in total. The molecule has 0 amide bonds. The van der Waals surface area contributed by atoms with Crippen LogP contribution in [0.3, 0.4) is 0 Å². The topological polar surface area (TPSA) is 63.1 Å². The molecule has 0 spiro atoms. The molecule has 2 aromatic rings. The number of aromatic carboxylic acids is 1. The molecule has 0 aliphatic carbocycles. The van der Waals surface area contributed by atoms with Gasteiger partial charge in [-0.1, -0.05) is 0 Å². The molecular formula is C12H10N2O2. The third-order valence-corrected chi connectivity index (χ3v) is 2.15. The van der Waals surface area contributed by atoms with E-state index in [1.54, 1.807) is 30.6 Å². The number of aryl methyl sites for hydroxylation is 1. The lowest BCUT2D eigenvalue weighted by molar-refractivity contribution is 0.0697. The molecule has 0 saturated heterocycles. The van der Waals surface area contributed by atoms with Gasteiger partial charge in [-0.25, -0.2) is 14.8 Å². The standard InChI is InChI=1S/C12H10N2O2/c1-8-5-9(7-10(6-8)12(15)16)11-13-3-2-4-14-11/h2-7H,1H3,(H,15,16). The molecule has 0 unspecified atom stereocenters. The van der Waals surface area contributed by atoms with E-state index < -0.39 is 5.97 Å². The minimum Gasteiger partial charge on any atom is -0.478 e. The molecule has 16 heavy (non-hydrogen) atoms. The third-order valence-electron chi connectivity index (χ3n) is 2.15. The second kappa shape index (κ2) is 4.10. The quantitative estimate of drug-likeness (QED) is 0.831. The van der Waals surface area contributed by atoms with Gasteiger partial charge in [0.1, 0.15) is 0 Å². The maximum Gasteiger partial charge on any atom is 0.335 e. The molecular weight excluding hydrogens is 204 g/mol. The number of rotatable bonds is 2. The van der Waals surface area contributed by atoms with Crippen molar-refractivity contribution in [1.29, 1.82) is 0 Å². The van der Waals surface area contributed by atoms with Crippen LogP contribution in [0.15, 0.2) is 36.7 Å². The number of aromatic nitrogens is 2. The smallest absolute Gasteiger partial charge is 0.335 e. The first-order chi connectivity index (χ1) is 7.66. The average molecular weight is 214 g/mol. The Hall–Kier alpha value is -2.23. The van der Waals surface area contributed by atoms with E-state index in [0.717, 1.165) is 11.1 Å². The fraction of sp³-hybridized carbons (Fsp3) is 0.0833. The van der Waals surface area contributed by atoms with Crippen LogP contribution in [0.5, 0.6) is 0 Å². The maximum absolute atomic E-state index is 10.9. The normalized spacial score (nSPS) is 10.1. The molecule has 1 heterocycles. The Balaban J connectivity index is 2.54. The van der Waals surface area contributed by atoms with Crippen LogP contribution in [-0.4, -0.2) is 21.0 Å². The fourth-order valence-corrected chi connectivity index (χ4v) is 1.48. The van der Waals surface area contributed by atoms with Gasteiger partial charge in [0, 0.05) is 18.0 Å². The second-order valence-electron chi connectivity index (χ2n) is 3.47. The molecule has 0 bridgehead atoms. The van der Waals surface area contributed by atoms with Crippen molar-refractivity contribution in [2.75, 3.05) is 0 Å². The van der Waals surface area contributed by atoms with Crippen molar-refractivity contribution in [2.45, 2.75) is 6.92 Å². The van der Waals surface area contributed by atoms with Crippen LogP contribution in [0.4, 0.5) is 0 Å². The predicted octanol–water partition coefficient (Wildman–Crippen LogP) is 2.15. The highest BCUT2D eigenvalue weighted by atomic mass is 16.4. The summed E-state index contributed by atoms with van der Waals surface area (Å²) in [6.07, 6.45) is 3.26. The van der Waals surface area contributed by atoms with Crippen molar-refractivity contribution in [2.24, 2.45) is 0 Å². The number of carboxylic acids is 1. The summed E-state index contributed by atoms with van der Waals surface area (Å²) in [4.78, 5) is 19.1. The van der Waals surface area contributed by atoms with Crippen molar-refractivity contribution in [3.05, 3.63) is 47.8 Å². The zero-order chi connectivity index (χ0) is 11.5. The van der Waals surface area contributed by atoms with E-state index >= 15 is 0 Å². The molecule has 4 heteroatoms. The van der Waals surface area contributed by atoms with Gasteiger partial charge in [0.2, 0.25) is 0 Å². The first-order valence-electron chi connectivity index (χ1n) is 4.79. The van der Waals surface area contributed by atoms with Gasteiger partial charge in [-0.05, 0) is 36.8 Å². The lowest BCUT2D eigenvalue weighted by Gasteiger charge is -2.03. The van der Waals surface area contributed by atoms with Crippen LogP contribution < -0.4 is 0 Å². The van der Waals surface area contributed by atoms with Crippen LogP contribution in [0.25, 0.3) is 11.4 Å². The first kappa shape index (κ1) is 10.3. The number of carbonyl (C=O) groups is 1. The number of nitrogens with zero attached hydrogens (tertiary/aromatic N) is 2. The molecule has 0 fully saturated rings. The molecule has 1 N–H and O–H groups in total. The number of benzene rings is 1.